The van der Waals surface area contributed by atoms with Crippen molar-refractivity contribution in [1.82, 2.24) is 9.97 Å². The number of hydrogen-bond donors (Lipinski definition) is 1. The molecule has 0 saturated carbocycles. The van der Waals surface area contributed by atoms with Crippen molar-refractivity contribution in [3.63, 3.8) is 0 Å². The van der Waals surface area contributed by atoms with Crippen molar-refractivity contribution in [3.8, 4) is 11.4 Å². The molecule has 0 bridgehead atoms. The maximum Gasteiger partial charge on any atom is 0.357 e. The zero-order valence-electron chi connectivity index (χ0n) is 14.1. The maximum absolute atomic E-state index is 14.9. The molecule has 6 nitrogen and oxygen atoms in total. The van der Waals surface area contributed by atoms with Crippen LogP contribution in [0.1, 0.15) is 23.0 Å². The van der Waals surface area contributed by atoms with Crippen molar-refractivity contribution in [1.29, 1.82) is 0 Å². The molecule has 0 fully saturated rings. The normalized spacial score (nSPS) is 10.4. The van der Waals surface area contributed by atoms with Crippen LogP contribution in [0.25, 0.3) is 17.5 Å². The van der Waals surface area contributed by atoms with E-state index >= 15 is 0 Å². The number of ether oxygens (including phenoxy) is 1. The van der Waals surface area contributed by atoms with Crippen LogP contribution in [0.2, 0.25) is 5.02 Å². The van der Waals surface area contributed by atoms with Gasteiger partial charge >= 0.3 is 5.97 Å². The highest BCUT2D eigenvalue weighted by molar-refractivity contribution is 6.33. The highest BCUT2D eigenvalue weighted by Crippen LogP contribution is 2.34. The lowest BCUT2D eigenvalue weighted by atomic mass is 10.1. The third-order valence-electron chi connectivity index (χ3n) is 3.40. The van der Waals surface area contributed by atoms with Crippen molar-refractivity contribution >= 4 is 35.2 Å². The highest BCUT2D eigenvalue weighted by atomic mass is 35.5. The molecule has 25 heavy (non-hydrogen) atoms. The minimum atomic E-state index is -0.685. The number of carbonyl (C=O) groups is 1. The Labute approximate surface area is 150 Å². The first-order valence-corrected chi connectivity index (χ1v) is 7.82. The van der Waals surface area contributed by atoms with Crippen LogP contribution >= 0.6 is 11.6 Å². The van der Waals surface area contributed by atoms with E-state index in [0.717, 1.165) is 0 Å². The SMILES string of the molecule is C=Cc1c(N)nc(-c2ccc(Cl)c(N(C)C)c2F)nc1C(=O)OCC. The van der Waals surface area contributed by atoms with Gasteiger partial charge in [0.15, 0.2) is 17.3 Å². The minimum Gasteiger partial charge on any atom is -0.461 e. The van der Waals surface area contributed by atoms with Crippen molar-refractivity contribution in [2.24, 2.45) is 0 Å². The smallest absolute Gasteiger partial charge is 0.357 e. The molecule has 8 heteroatoms. The Morgan fingerprint density at radius 1 is 1.44 bits per heavy atom. The number of aromatic nitrogens is 2. The van der Waals surface area contributed by atoms with E-state index < -0.39 is 11.8 Å². The van der Waals surface area contributed by atoms with E-state index in [9.17, 15) is 9.18 Å². The third kappa shape index (κ3) is 3.56. The fourth-order valence-corrected chi connectivity index (χ4v) is 2.60. The second-order valence-corrected chi connectivity index (χ2v) is 5.68. The Balaban J connectivity index is 2.71. The lowest BCUT2D eigenvalue weighted by Crippen LogP contribution is -2.15. The predicted octanol–water partition coefficient (Wildman–Crippen LogP) is 3.40. The molecule has 0 unspecified atom stereocenters. The van der Waals surface area contributed by atoms with Crippen LogP contribution in [0.15, 0.2) is 18.7 Å². The van der Waals surface area contributed by atoms with Crippen LogP contribution in [0.3, 0.4) is 0 Å². The van der Waals surface area contributed by atoms with Crippen LogP contribution < -0.4 is 10.6 Å². The molecule has 0 saturated heterocycles. The second-order valence-electron chi connectivity index (χ2n) is 5.27. The molecule has 1 aromatic carbocycles. The van der Waals surface area contributed by atoms with Gasteiger partial charge in [0.1, 0.15) is 5.82 Å². The number of benzene rings is 1. The molecule has 0 atom stereocenters. The molecule has 1 heterocycles. The summed E-state index contributed by atoms with van der Waals surface area (Å²) in [6.07, 6.45) is 1.36. The van der Waals surface area contributed by atoms with Gasteiger partial charge in [-0.1, -0.05) is 24.3 Å². The van der Waals surface area contributed by atoms with Gasteiger partial charge in [-0.25, -0.2) is 19.2 Å². The molecule has 132 valence electrons. The van der Waals surface area contributed by atoms with Gasteiger partial charge < -0.3 is 15.4 Å². The monoisotopic (exact) mass is 364 g/mol. The topological polar surface area (TPSA) is 81.3 Å². The van der Waals surface area contributed by atoms with Gasteiger partial charge in [-0.15, -0.1) is 0 Å². The largest absolute Gasteiger partial charge is 0.461 e. The van der Waals surface area contributed by atoms with Crippen molar-refractivity contribution in [3.05, 3.63) is 40.8 Å². The van der Waals surface area contributed by atoms with Gasteiger partial charge in [-0.05, 0) is 19.1 Å². The quantitative estimate of drug-likeness (QED) is 0.819. The summed E-state index contributed by atoms with van der Waals surface area (Å²) in [4.78, 5) is 21.9. The number of hydrogen-bond acceptors (Lipinski definition) is 6. The van der Waals surface area contributed by atoms with Crippen molar-refractivity contribution in [2.45, 2.75) is 6.92 Å². The Hall–Kier alpha value is -2.67. The standard InChI is InChI=1S/C17H18ClFN4O2/c1-5-9-13(17(24)25-6-2)21-16(22-15(9)20)10-7-8-11(18)14(12(10)19)23(3)4/h5,7-8H,1,6H2,2-4H3,(H2,20,21,22). The second kappa shape index (κ2) is 7.48. The van der Waals surface area contributed by atoms with Gasteiger partial charge in [-0.3, -0.25) is 0 Å². The van der Waals surface area contributed by atoms with Crippen LogP contribution in [0.5, 0.6) is 0 Å². The molecule has 0 spiro atoms. The molecule has 1 aromatic heterocycles. The fraction of sp³-hybridized carbons (Fsp3) is 0.235. The first-order valence-electron chi connectivity index (χ1n) is 7.44. The number of nitrogens with zero attached hydrogens (tertiary/aromatic N) is 3. The van der Waals surface area contributed by atoms with E-state index in [4.69, 9.17) is 22.1 Å². The average Bonchev–Trinajstić information content (AvgIpc) is 2.54. The summed E-state index contributed by atoms with van der Waals surface area (Å²) < 4.78 is 19.9. The summed E-state index contributed by atoms with van der Waals surface area (Å²) in [5, 5.41) is 0.243. The Bertz CT molecular complexity index is 840. The van der Waals surface area contributed by atoms with Crippen LogP contribution in [0, 0.1) is 5.82 Å². The first-order chi connectivity index (χ1) is 11.8. The Kier molecular flexibility index (Phi) is 5.58. The van der Waals surface area contributed by atoms with E-state index in [-0.39, 0.29) is 45.8 Å². The fourth-order valence-electron chi connectivity index (χ4n) is 2.29. The molecule has 2 aromatic rings. The summed E-state index contributed by atoms with van der Waals surface area (Å²) in [5.41, 5.74) is 6.32. The zero-order chi connectivity index (χ0) is 18.7. The zero-order valence-corrected chi connectivity index (χ0v) is 14.9. The van der Waals surface area contributed by atoms with E-state index in [2.05, 4.69) is 16.5 Å². The number of nitrogens with two attached hydrogens (primary N) is 1. The molecular weight excluding hydrogens is 347 g/mol. The predicted molar refractivity (Wildman–Crippen MR) is 97.2 cm³/mol. The number of anilines is 2. The van der Waals surface area contributed by atoms with E-state index in [1.165, 1.54) is 23.1 Å². The summed E-state index contributed by atoms with van der Waals surface area (Å²) >= 11 is 6.05. The van der Waals surface area contributed by atoms with Crippen LogP contribution in [0.4, 0.5) is 15.9 Å². The van der Waals surface area contributed by atoms with Crippen molar-refractivity contribution in [2.75, 3.05) is 31.3 Å². The molecule has 2 N–H and O–H groups in total. The molecule has 0 aliphatic heterocycles. The molecule has 0 aliphatic carbocycles. The Morgan fingerprint density at radius 3 is 2.68 bits per heavy atom. The van der Waals surface area contributed by atoms with Gasteiger partial charge in [0.05, 0.1) is 22.9 Å². The average molecular weight is 365 g/mol. The summed E-state index contributed by atoms with van der Waals surface area (Å²) in [5.74, 6) is -1.33. The molecule has 2 rings (SSSR count). The van der Waals surface area contributed by atoms with Gasteiger partial charge in [0.2, 0.25) is 0 Å². The highest BCUT2D eigenvalue weighted by Gasteiger charge is 2.22. The van der Waals surface area contributed by atoms with E-state index in [1.807, 2.05) is 0 Å². The summed E-state index contributed by atoms with van der Waals surface area (Å²) in [6, 6.07) is 2.96. The molecular formula is C17H18ClFN4O2. The molecule has 0 amide bonds. The van der Waals surface area contributed by atoms with E-state index in [0.29, 0.717) is 0 Å². The number of rotatable bonds is 5. The van der Waals surface area contributed by atoms with Gasteiger partial charge in [0, 0.05) is 19.7 Å². The third-order valence-corrected chi connectivity index (χ3v) is 3.71. The summed E-state index contributed by atoms with van der Waals surface area (Å²) in [7, 11) is 3.32. The van der Waals surface area contributed by atoms with Gasteiger partial charge in [0.25, 0.3) is 0 Å². The van der Waals surface area contributed by atoms with E-state index in [1.54, 1.807) is 21.0 Å². The maximum atomic E-state index is 14.9. The molecule has 0 aliphatic rings. The number of halogens is 2. The lowest BCUT2D eigenvalue weighted by Gasteiger charge is -2.17. The number of carbonyl (C=O) groups excluding carboxylic acids is 1. The molecule has 0 radical (unpaired) electrons. The number of nitrogen functional groups attached to an aromatic ring is 1. The van der Waals surface area contributed by atoms with Crippen LogP contribution in [-0.4, -0.2) is 36.6 Å². The minimum absolute atomic E-state index is 0.00352. The number of esters is 1. The summed E-state index contributed by atoms with van der Waals surface area (Å²) in [6.45, 7) is 5.43. The van der Waals surface area contributed by atoms with Crippen LogP contribution in [-0.2, 0) is 4.74 Å². The lowest BCUT2D eigenvalue weighted by molar-refractivity contribution is 0.0519. The Morgan fingerprint density at radius 2 is 2.12 bits per heavy atom. The first kappa shape index (κ1) is 18.7. The van der Waals surface area contributed by atoms with Gasteiger partial charge in [-0.2, -0.15) is 0 Å². The van der Waals surface area contributed by atoms with Crippen molar-refractivity contribution < 1.29 is 13.9 Å².